The Labute approximate surface area is 149 Å². The molecule has 0 spiro atoms. The first-order chi connectivity index (χ1) is 12.2. The lowest BCUT2D eigenvalue weighted by molar-refractivity contribution is -0.127. The first-order valence-electron chi connectivity index (χ1n) is 8.96. The molecule has 0 radical (unpaired) electrons. The van der Waals surface area contributed by atoms with Crippen molar-refractivity contribution in [3.05, 3.63) is 59.7 Å². The van der Waals surface area contributed by atoms with Gasteiger partial charge in [-0.25, -0.2) is 0 Å². The summed E-state index contributed by atoms with van der Waals surface area (Å²) in [6, 6.07) is 15.7. The van der Waals surface area contributed by atoms with E-state index in [0.717, 1.165) is 24.3 Å². The van der Waals surface area contributed by atoms with Gasteiger partial charge in [-0.1, -0.05) is 24.3 Å². The summed E-state index contributed by atoms with van der Waals surface area (Å²) in [4.78, 5) is 12.2. The number of para-hydroxylation sites is 1. The Morgan fingerprint density at radius 1 is 1.04 bits per heavy atom. The van der Waals surface area contributed by atoms with Crippen molar-refractivity contribution in [2.45, 2.75) is 38.7 Å². The summed E-state index contributed by atoms with van der Waals surface area (Å²) < 4.78 is 11.4. The number of hydrogen-bond donors (Lipinski definition) is 1. The van der Waals surface area contributed by atoms with Crippen molar-refractivity contribution in [1.82, 2.24) is 5.32 Å². The van der Waals surface area contributed by atoms with Gasteiger partial charge in [0.05, 0.1) is 6.54 Å². The van der Waals surface area contributed by atoms with Crippen LogP contribution in [0.25, 0.3) is 0 Å². The number of benzene rings is 2. The molecule has 1 aliphatic carbocycles. The van der Waals surface area contributed by atoms with Gasteiger partial charge in [0.15, 0.2) is 6.10 Å². The molecule has 4 heteroatoms. The molecule has 0 saturated heterocycles. The van der Waals surface area contributed by atoms with E-state index in [1.54, 1.807) is 6.92 Å². The van der Waals surface area contributed by atoms with Crippen LogP contribution in [0.15, 0.2) is 48.5 Å². The van der Waals surface area contributed by atoms with Crippen LogP contribution < -0.4 is 14.8 Å². The first-order valence-corrected chi connectivity index (χ1v) is 8.96. The summed E-state index contributed by atoms with van der Waals surface area (Å²) in [5.41, 5.74) is 2.77. The number of rotatable bonds is 7. The summed E-state index contributed by atoms with van der Waals surface area (Å²) in [5.74, 6) is 1.44. The lowest BCUT2D eigenvalue weighted by Gasteiger charge is -2.19. The average molecular weight is 339 g/mol. The number of amides is 1. The molecular formula is C21H25NO3. The molecule has 0 heterocycles. The van der Waals surface area contributed by atoms with Gasteiger partial charge in [0.1, 0.15) is 18.1 Å². The summed E-state index contributed by atoms with van der Waals surface area (Å²) in [5, 5.41) is 2.85. The number of ether oxygens (including phenoxy) is 2. The van der Waals surface area contributed by atoms with Crippen LogP contribution in [-0.4, -0.2) is 25.2 Å². The van der Waals surface area contributed by atoms with Crippen molar-refractivity contribution >= 4 is 5.91 Å². The van der Waals surface area contributed by atoms with E-state index >= 15 is 0 Å². The van der Waals surface area contributed by atoms with Crippen LogP contribution in [0.3, 0.4) is 0 Å². The molecule has 0 aliphatic heterocycles. The maximum absolute atomic E-state index is 12.2. The molecule has 4 nitrogen and oxygen atoms in total. The fraction of sp³-hybridized carbons (Fsp3) is 0.381. The average Bonchev–Trinajstić information content (AvgIpc) is 2.65. The highest BCUT2D eigenvalue weighted by Gasteiger charge is 2.16. The number of fused-ring (bicyclic) bond motifs is 1. The predicted octanol–water partition coefficient (Wildman–Crippen LogP) is 3.53. The Morgan fingerprint density at radius 2 is 1.80 bits per heavy atom. The van der Waals surface area contributed by atoms with E-state index in [-0.39, 0.29) is 5.91 Å². The van der Waals surface area contributed by atoms with Gasteiger partial charge in [-0.2, -0.15) is 0 Å². The zero-order valence-corrected chi connectivity index (χ0v) is 14.7. The van der Waals surface area contributed by atoms with Crippen molar-refractivity contribution in [3.63, 3.8) is 0 Å². The summed E-state index contributed by atoms with van der Waals surface area (Å²) >= 11 is 0. The van der Waals surface area contributed by atoms with Gasteiger partial charge in [-0.15, -0.1) is 0 Å². The highest BCUT2D eigenvalue weighted by Crippen LogP contribution is 2.25. The summed E-state index contributed by atoms with van der Waals surface area (Å²) in [6.45, 7) is 2.65. The predicted molar refractivity (Wildman–Crippen MR) is 98.1 cm³/mol. The first kappa shape index (κ1) is 17.3. The smallest absolute Gasteiger partial charge is 0.260 e. The molecule has 0 bridgehead atoms. The minimum absolute atomic E-state index is 0.130. The molecule has 2 aromatic rings. The summed E-state index contributed by atoms with van der Waals surface area (Å²) in [6.07, 6.45) is 4.21. The molecule has 0 aromatic heterocycles. The molecule has 0 fully saturated rings. The number of carbonyl (C=O) groups excluding carboxylic acids is 1. The second-order valence-electron chi connectivity index (χ2n) is 6.35. The standard InChI is InChI=1S/C21H25NO3/c1-16(21(23)22-13-14-24-19-9-3-2-4-10-19)25-20-12-11-17-7-5-6-8-18(17)15-20/h2-4,9-12,15-16H,5-8,13-14H2,1H3,(H,22,23)/t16-/m1/s1. The van der Waals surface area contributed by atoms with Crippen LogP contribution >= 0.6 is 0 Å². The van der Waals surface area contributed by atoms with Gasteiger partial charge >= 0.3 is 0 Å². The highest BCUT2D eigenvalue weighted by atomic mass is 16.5. The van der Waals surface area contributed by atoms with Gasteiger partial charge < -0.3 is 14.8 Å². The number of hydrogen-bond acceptors (Lipinski definition) is 3. The van der Waals surface area contributed by atoms with Crippen molar-refractivity contribution in [1.29, 1.82) is 0 Å². The van der Waals surface area contributed by atoms with Gasteiger partial charge in [-0.3, -0.25) is 4.79 Å². The third-order valence-corrected chi connectivity index (χ3v) is 4.42. The normalized spacial score (nSPS) is 14.3. The minimum Gasteiger partial charge on any atom is -0.492 e. The molecule has 1 amide bonds. The van der Waals surface area contributed by atoms with E-state index in [1.165, 1.54) is 24.0 Å². The molecule has 1 N–H and O–H groups in total. The van der Waals surface area contributed by atoms with Crippen molar-refractivity contribution in [3.8, 4) is 11.5 Å². The van der Waals surface area contributed by atoms with Gasteiger partial charge in [0, 0.05) is 0 Å². The maximum atomic E-state index is 12.2. The summed E-state index contributed by atoms with van der Waals surface area (Å²) in [7, 11) is 0. The molecule has 0 saturated carbocycles. The van der Waals surface area contributed by atoms with Crippen LogP contribution in [0.5, 0.6) is 11.5 Å². The maximum Gasteiger partial charge on any atom is 0.260 e. The van der Waals surface area contributed by atoms with Gasteiger partial charge in [0.2, 0.25) is 0 Å². The number of aryl methyl sites for hydroxylation is 2. The minimum atomic E-state index is -0.529. The quantitative estimate of drug-likeness (QED) is 0.785. The Balaban J connectivity index is 1.43. The molecule has 3 rings (SSSR count). The number of nitrogens with one attached hydrogen (secondary N) is 1. The van der Waals surface area contributed by atoms with E-state index < -0.39 is 6.10 Å². The van der Waals surface area contributed by atoms with Crippen molar-refractivity contribution < 1.29 is 14.3 Å². The Morgan fingerprint density at radius 3 is 2.60 bits per heavy atom. The van der Waals surface area contributed by atoms with E-state index in [0.29, 0.717) is 13.2 Å². The highest BCUT2D eigenvalue weighted by molar-refractivity contribution is 5.80. The second-order valence-corrected chi connectivity index (χ2v) is 6.35. The Kier molecular flexibility index (Phi) is 5.94. The third kappa shape index (κ3) is 4.99. The van der Waals surface area contributed by atoms with Crippen molar-refractivity contribution in [2.75, 3.05) is 13.2 Å². The fourth-order valence-corrected chi connectivity index (χ4v) is 3.04. The monoisotopic (exact) mass is 339 g/mol. The fourth-order valence-electron chi connectivity index (χ4n) is 3.04. The molecule has 2 aromatic carbocycles. The van der Waals surface area contributed by atoms with Crippen LogP contribution in [0.1, 0.15) is 30.9 Å². The van der Waals surface area contributed by atoms with Gasteiger partial charge in [-0.05, 0) is 68.0 Å². The largest absolute Gasteiger partial charge is 0.492 e. The molecular weight excluding hydrogens is 314 g/mol. The lowest BCUT2D eigenvalue weighted by atomic mass is 9.92. The van der Waals surface area contributed by atoms with E-state index in [4.69, 9.17) is 9.47 Å². The lowest BCUT2D eigenvalue weighted by Crippen LogP contribution is -2.38. The second kappa shape index (κ2) is 8.56. The van der Waals surface area contributed by atoms with Crippen LogP contribution in [0, 0.1) is 0 Å². The van der Waals surface area contributed by atoms with Crippen molar-refractivity contribution in [2.24, 2.45) is 0 Å². The Hall–Kier alpha value is -2.49. The van der Waals surface area contributed by atoms with Crippen LogP contribution in [0.4, 0.5) is 0 Å². The zero-order chi connectivity index (χ0) is 17.5. The molecule has 1 atom stereocenters. The molecule has 1 aliphatic rings. The van der Waals surface area contributed by atoms with Crippen LogP contribution in [0.2, 0.25) is 0 Å². The molecule has 25 heavy (non-hydrogen) atoms. The van der Waals surface area contributed by atoms with Gasteiger partial charge in [0.25, 0.3) is 5.91 Å². The third-order valence-electron chi connectivity index (χ3n) is 4.42. The van der Waals surface area contributed by atoms with E-state index in [1.807, 2.05) is 36.4 Å². The SMILES string of the molecule is C[C@@H](Oc1ccc2c(c1)CCCC2)C(=O)NCCOc1ccccc1. The molecule has 132 valence electrons. The van der Waals surface area contributed by atoms with E-state index in [2.05, 4.69) is 17.4 Å². The number of carbonyl (C=O) groups is 1. The van der Waals surface area contributed by atoms with E-state index in [9.17, 15) is 4.79 Å². The Bertz CT molecular complexity index is 700. The molecule has 0 unspecified atom stereocenters. The topological polar surface area (TPSA) is 47.6 Å². The zero-order valence-electron chi connectivity index (χ0n) is 14.7. The van der Waals surface area contributed by atoms with Crippen LogP contribution in [-0.2, 0) is 17.6 Å².